The minimum atomic E-state index is -0.346. The Hall–Kier alpha value is -2.70. The summed E-state index contributed by atoms with van der Waals surface area (Å²) in [7, 11) is -0.346. The van der Waals surface area contributed by atoms with E-state index in [4.69, 9.17) is 14.3 Å². The molecular formula is C28H34BN3O2. The molecule has 3 heterocycles. The second-order valence-electron chi connectivity index (χ2n) is 10.3. The van der Waals surface area contributed by atoms with Gasteiger partial charge in [-0.15, -0.1) is 0 Å². The molecule has 0 spiro atoms. The second kappa shape index (κ2) is 8.51. The molecule has 1 N–H and O–H groups in total. The zero-order valence-electron chi connectivity index (χ0n) is 21.1. The van der Waals surface area contributed by atoms with Gasteiger partial charge in [0.25, 0.3) is 0 Å². The fourth-order valence-corrected chi connectivity index (χ4v) is 4.52. The number of aromatic amines is 1. The first kappa shape index (κ1) is 23.1. The normalized spacial score (nSPS) is 19.2. The molecule has 0 amide bonds. The van der Waals surface area contributed by atoms with E-state index in [-0.39, 0.29) is 18.3 Å². The SMILES string of the molecule is CC.CC1(C)OB(c2ccc3cc(-c4cnc5nc(C6CCC6)[nH]c5c4)ccc3c2)OC1(C)C. The summed E-state index contributed by atoms with van der Waals surface area (Å²) in [5.41, 5.74) is 4.44. The summed E-state index contributed by atoms with van der Waals surface area (Å²) in [5.74, 6) is 1.66. The van der Waals surface area contributed by atoms with E-state index >= 15 is 0 Å². The van der Waals surface area contributed by atoms with Crippen molar-refractivity contribution in [2.45, 2.75) is 77.9 Å². The number of H-pyrrole nitrogens is 1. The summed E-state index contributed by atoms with van der Waals surface area (Å²) in [6, 6.07) is 15.1. The quantitative estimate of drug-likeness (QED) is 0.365. The molecule has 1 saturated heterocycles. The number of hydrogen-bond donors (Lipinski definition) is 1. The lowest BCUT2D eigenvalue weighted by Crippen LogP contribution is -2.41. The van der Waals surface area contributed by atoms with Crippen LogP contribution in [0.3, 0.4) is 0 Å². The van der Waals surface area contributed by atoms with E-state index in [2.05, 4.69) is 80.1 Å². The largest absolute Gasteiger partial charge is 0.494 e. The Kier molecular flexibility index (Phi) is 5.77. The van der Waals surface area contributed by atoms with Crippen molar-refractivity contribution in [3.05, 3.63) is 54.5 Å². The van der Waals surface area contributed by atoms with Gasteiger partial charge in [0, 0.05) is 17.7 Å². The van der Waals surface area contributed by atoms with Crippen LogP contribution in [0.5, 0.6) is 0 Å². The maximum Gasteiger partial charge on any atom is 0.494 e. The van der Waals surface area contributed by atoms with E-state index in [1.807, 2.05) is 20.0 Å². The molecule has 34 heavy (non-hydrogen) atoms. The van der Waals surface area contributed by atoms with Crippen LogP contribution in [0.2, 0.25) is 0 Å². The van der Waals surface area contributed by atoms with Gasteiger partial charge in [0.2, 0.25) is 0 Å². The Labute approximate surface area is 202 Å². The van der Waals surface area contributed by atoms with Crippen LogP contribution in [0.4, 0.5) is 0 Å². The van der Waals surface area contributed by atoms with E-state index in [9.17, 15) is 0 Å². The molecule has 0 atom stereocenters. The van der Waals surface area contributed by atoms with E-state index in [1.54, 1.807) is 0 Å². The van der Waals surface area contributed by atoms with E-state index in [0.29, 0.717) is 5.92 Å². The van der Waals surface area contributed by atoms with Gasteiger partial charge < -0.3 is 14.3 Å². The summed E-state index contributed by atoms with van der Waals surface area (Å²) >= 11 is 0. The molecule has 6 rings (SSSR count). The lowest BCUT2D eigenvalue weighted by molar-refractivity contribution is 0.00578. The summed E-state index contributed by atoms with van der Waals surface area (Å²) in [6.45, 7) is 12.3. The van der Waals surface area contributed by atoms with Crippen molar-refractivity contribution in [1.82, 2.24) is 15.0 Å². The molecule has 0 unspecified atom stereocenters. The third kappa shape index (κ3) is 3.93. The molecule has 0 radical (unpaired) electrons. The van der Waals surface area contributed by atoms with E-state index < -0.39 is 0 Å². The number of imidazole rings is 1. The van der Waals surface area contributed by atoms with Gasteiger partial charge >= 0.3 is 7.12 Å². The van der Waals surface area contributed by atoms with Crippen LogP contribution in [0.15, 0.2) is 48.7 Å². The minimum absolute atomic E-state index is 0.340. The molecule has 5 nitrogen and oxygen atoms in total. The van der Waals surface area contributed by atoms with E-state index in [0.717, 1.165) is 33.6 Å². The highest BCUT2D eigenvalue weighted by Gasteiger charge is 2.51. The number of nitrogens with zero attached hydrogens (tertiary/aromatic N) is 2. The smallest absolute Gasteiger partial charge is 0.399 e. The first-order valence-corrected chi connectivity index (χ1v) is 12.5. The van der Waals surface area contributed by atoms with Crippen LogP contribution in [0.25, 0.3) is 33.1 Å². The molecule has 4 aromatic rings. The molecule has 0 bridgehead atoms. The third-order valence-corrected chi connectivity index (χ3v) is 7.57. The third-order valence-electron chi connectivity index (χ3n) is 7.57. The topological polar surface area (TPSA) is 60.0 Å². The van der Waals surface area contributed by atoms with E-state index in [1.165, 1.54) is 30.0 Å². The van der Waals surface area contributed by atoms with Gasteiger partial charge in [0.05, 0.1) is 16.7 Å². The van der Waals surface area contributed by atoms with Crippen LogP contribution in [-0.2, 0) is 9.31 Å². The monoisotopic (exact) mass is 455 g/mol. The Morgan fingerprint density at radius 3 is 2.24 bits per heavy atom. The van der Waals surface area contributed by atoms with Gasteiger partial charge in [0.1, 0.15) is 5.82 Å². The van der Waals surface area contributed by atoms with Crippen molar-refractivity contribution in [3.8, 4) is 11.1 Å². The number of rotatable bonds is 3. The summed E-state index contributed by atoms with van der Waals surface area (Å²) in [6.07, 6.45) is 5.68. The zero-order chi connectivity index (χ0) is 24.1. The average Bonchev–Trinajstić information content (AvgIpc) is 3.29. The van der Waals surface area contributed by atoms with Gasteiger partial charge in [-0.1, -0.05) is 50.6 Å². The summed E-state index contributed by atoms with van der Waals surface area (Å²) in [4.78, 5) is 12.8. The van der Waals surface area contributed by atoms with Crippen molar-refractivity contribution in [1.29, 1.82) is 0 Å². The summed E-state index contributed by atoms with van der Waals surface area (Å²) in [5, 5.41) is 2.35. The lowest BCUT2D eigenvalue weighted by atomic mass is 9.78. The van der Waals surface area contributed by atoms with Crippen LogP contribution >= 0.6 is 0 Å². The minimum Gasteiger partial charge on any atom is -0.399 e. The highest BCUT2D eigenvalue weighted by molar-refractivity contribution is 6.62. The van der Waals surface area contributed by atoms with Gasteiger partial charge in [-0.2, -0.15) is 0 Å². The van der Waals surface area contributed by atoms with Gasteiger partial charge in [-0.3, -0.25) is 0 Å². The maximum atomic E-state index is 6.22. The van der Waals surface area contributed by atoms with Crippen molar-refractivity contribution >= 4 is 34.5 Å². The molecular weight excluding hydrogens is 421 g/mol. The number of benzene rings is 2. The van der Waals surface area contributed by atoms with Crippen LogP contribution in [-0.4, -0.2) is 33.3 Å². The Morgan fingerprint density at radius 2 is 1.56 bits per heavy atom. The van der Waals surface area contributed by atoms with Crippen molar-refractivity contribution < 1.29 is 9.31 Å². The standard InChI is InChI=1S/C26H28BN3O2.C2H6/c1-25(2)26(3,4)32-27(31-25)21-11-10-17-12-18(8-9-19(17)13-21)20-14-22-24(28-15-20)30-23(29-22)16-6-5-7-16;1-2/h8-16H,5-7H2,1-4H3,(H,28,29,30);1-2H3. The Morgan fingerprint density at radius 1 is 0.882 bits per heavy atom. The molecule has 2 fully saturated rings. The van der Waals surface area contributed by atoms with Gasteiger partial charge in [-0.25, -0.2) is 9.97 Å². The molecule has 2 aliphatic rings. The molecule has 2 aromatic carbocycles. The molecule has 2 aromatic heterocycles. The lowest BCUT2D eigenvalue weighted by Gasteiger charge is -2.32. The summed E-state index contributed by atoms with van der Waals surface area (Å²) < 4.78 is 12.4. The predicted octanol–water partition coefficient (Wildman–Crippen LogP) is 6.37. The first-order valence-electron chi connectivity index (χ1n) is 12.5. The highest BCUT2D eigenvalue weighted by atomic mass is 16.7. The fraction of sp³-hybridized carbons (Fsp3) is 0.429. The maximum absolute atomic E-state index is 6.22. The zero-order valence-corrected chi connectivity index (χ0v) is 21.1. The molecule has 6 heteroatoms. The first-order chi connectivity index (χ1) is 16.3. The fourth-order valence-electron chi connectivity index (χ4n) is 4.52. The van der Waals surface area contributed by atoms with Crippen LogP contribution in [0, 0.1) is 0 Å². The Bertz CT molecular complexity index is 1320. The van der Waals surface area contributed by atoms with Crippen LogP contribution in [0.1, 0.15) is 72.5 Å². The number of pyridine rings is 1. The predicted molar refractivity (Wildman–Crippen MR) is 140 cm³/mol. The molecule has 1 aliphatic heterocycles. The molecule has 176 valence electrons. The Balaban J connectivity index is 0.00000117. The number of hydrogen-bond acceptors (Lipinski definition) is 4. The number of aromatic nitrogens is 3. The molecule has 1 aliphatic carbocycles. The van der Waals surface area contributed by atoms with Gasteiger partial charge in [-0.05, 0) is 74.5 Å². The highest BCUT2D eigenvalue weighted by Crippen LogP contribution is 2.37. The van der Waals surface area contributed by atoms with Crippen molar-refractivity contribution in [2.24, 2.45) is 0 Å². The van der Waals surface area contributed by atoms with Gasteiger partial charge in [0.15, 0.2) is 5.65 Å². The van der Waals surface area contributed by atoms with Crippen molar-refractivity contribution in [2.75, 3.05) is 0 Å². The number of nitrogens with one attached hydrogen (secondary N) is 1. The average molecular weight is 455 g/mol. The number of fused-ring (bicyclic) bond motifs is 2. The second-order valence-corrected chi connectivity index (χ2v) is 10.3. The van der Waals surface area contributed by atoms with Crippen molar-refractivity contribution in [3.63, 3.8) is 0 Å². The van der Waals surface area contributed by atoms with Crippen LogP contribution < -0.4 is 5.46 Å². The molecule has 1 saturated carbocycles.